The number of nitrogens with zero attached hydrogens (tertiary/aromatic N) is 2. The molecule has 0 aliphatic carbocycles. The molecule has 57 heavy (non-hydrogen) atoms. The van der Waals surface area contributed by atoms with E-state index in [4.69, 9.17) is 0 Å². The molecular formula is C54H34N2S. The zero-order valence-electron chi connectivity index (χ0n) is 30.9. The van der Waals surface area contributed by atoms with E-state index in [2.05, 4.69) is 215 Å². The number of fused-ring (bicyclic) bond motifs is 9. The summed E-state index contributed by atoms with van der Waals surface area (Å²) in [6, 6.07) is 75.5. The topological polar surface area (TPSA) is 9.86 Å². The standard InChI is InChI=1S/C54H34N2S/c1-2-17-39(18-3-1)55-51-29-9-6-22-45(51)48-34-36(30-31-52(48)55)35-14-10-15-37(32-35)41-23-12-25-46-47-26-13-24-42(54(47)57-53(41)46)38-16-11-19-40(33-38)56-49-27-7-4-20-43(49)44-21-5-8-28-50(44)56/h1-34H. The van der Waals surface area contributed by atoms with Gasteiger partial charge in [-0.3, -0.25) is 0 Å². The van der Waals surface area contributed by atoms with Crippen LogP contribution in [0, 0.1) is 0 Å². The second kappa shape index (κ2) is 12.7. The maximum absolute atomic E-state index is 2.41. The zero-order valence-corrected chi connectivity index (χ0v) is 31.7. The van der Waals surface area contributed by atoms with Crippen LogP contribution >= 0.6 is 11.3 Å². The lowest BCUT2D eigenvalue weighted by Crippen LogP contribution is -1.94. The number of aromatic nitrogens is 2. The Balaban J connectivity index is 0.974. The highest BCUT2D eigenvalue weighted by molar-refractivity contribution is 7.26. The van der Waals surface area contributed by atoms with Gasteiger partial charge in [-0.2, -0.15) is 0 Å². The van der Waals surface area contributed by atoms with Crippen LogP contribution in [0.3, 0.4) is 0 Å². The first-order valence-corrected chi connectivity index (χ1v) is 20.3. The number of hydrogen-bond donors (Lipinski definition) is 0. The van der Waals surface area contributed by atoms with Gasteiger partial charge in [-0.25, -0.2) is 0 Å². The molecule has 0 saturated carbocycles. The Labute approximate surface area is 333 Å². The van der Waals surface area contributed by atoms with Crippen molar-refractivity contribution in [3.8, 4) is 44.8 Å². The quantitative estimate of drug-likeness (QED) is 0.166. The van der Waals surface area contributed by atoms with Gasteiger partial charge in [0.25, 0.3) is 0 Å². The van der Waals surface area contributed by atoms with Gasteiger partial charge in [-0.15, -0.1) is 11.3 Å². The average Bonchev–Trinajstić information content (AvgIpc) is 3.94. The third kappa shape index (κ3) is 4.96. The number of thiophene rings is 1. The van der Waals surface area contributed by atoms with Crippen LogP contribution in [-0.4, -0.2) is 9.13 Å². The van der Waals surface area contributed by atoms with Crippen molar-refractivity contribution in [2.45, 2.75) is 0 Å². The van der Waals surface area contributed by atoms with E-state index >= 15 is 0 Å². The minimum Gasteiger partial charge on any atom is -0.309 e. The normalized spacial score (nSPS) is 11.9. The first kappa shape index (κ1) is 32.1. The van der Waals surface area contributed by atoms with Crippen LogP contribution in [0.5, 0.6) is 0 Å². The summed E-state index contributed by atoms with van der Waals surface area (Å²) in [5.74, 6) is 0. The van der Waals surface area contributed by atoms with Crippen molar-refractivity contribution in [2.24, 2.45) is 0 Å². The molecule has 9 aromatic carbocycles. The van der Waals surface area contributed by atoms with Crippen molar-refractivity contribution in [1.29, 1.82) is 0 Å². The minimum atomic E-state index is 1.17. The molecule has 0 aliphatic heterocycles. The van der Waals surface area contributed by atoms with Gasteiger partial charge >= 0.3 is 0 Å². The first-order valence-electron chi connectivity index (χ1n) is 19.5. The molecule has 0 bridgehead atoms. The van der Waals surface area contributed by atoms with Gasteiger partial charge < -0.3 is 9.13 Å². The molecule has 0 spiro atoms. The summed E-state index contributed by atoms with van der Waals surface area (Å²) >= 11 is 1.91. The van der Waals surface area contributed by atoms with Crippen molar-refractivity contribution < 1.29 is 0 Å². The zero-order chi connectivity index (χ0) is 37.5. The van der Waals surface area contributed by atoms with E-state index in [0.717, 1.165) is 0 Å². The van der Waals surface area contributed by atoms with Gasteiger partial charge in [0.15, 0.2) is 0 Å². The van der Waals surface area contributed by atoms with Gasteiger partial charge in [0, 0.05) is 53.1 Å². The highest BCUT2D eigenvalue weighted by atomic mass is 32.1. The summed E-state index contributed by atoms with van der Waals surface area (Å²) in [7, 11) is 0. The molecular weight excluding hydrogens is 709 g/mol. The van der Waals surface area contributed by atoms with Crippen LogP contribution in [0.4, 0.5) is 0 Å². The van der Waals surface area contributed by atoms with Gasteiger partial charge in [0.2, 0.25) is 0 Å². The van der Waals surface area contributed by atoms with Crippen LogP contribution in [0.1, 0.15) is 0 Å². The van der Waals surface area contributed by atoms with Crippen molar-refractivity contribution in [3.05, 3.63) is 206 Å². The minimum absolute atomic E-state index is 1.17. The third-order valence-corrected chi connectivity index (χ3v) is 13.0. The first-order chi connectivity index (χ1) is 28.3. The lowest BCUT2D eigenvalue weighted by atomic mass is 9.96. The third-order valence-electron chi connectivity index (χ3n) is 11.7. The van der Waals surface area contributed by atoms with Crippen molar-refractivity contribution >= 4 is 75.1 Å². The fraction of sp³-hybridized carbons (Fsp3) is 0. The highest BCUT2D eigenvalue weighted by Crippen LogP contribution is 2.45. The lowest BCUT2D eigenvalue weighted by molar-refractivity contribution is 1.18. The molecule has 0 saturated heterocycles. The molecule has 12 rings (SSSR count). The molecule has 0 radical (unpaired) electrons. The summed E-state index contributed by atoms with van der Waals surface area (Å²) in [6.07, 6.45) is 0. The Morgan fingerprint density at radius 2 is 0.702 bits per heavy atom. The van der Waals surface area contributed by atoms with Gasteiger partial charge in [0.1, 0.15) is 0 Å². The van der Waals surface area contributed by atoms with E-state index in [1.165, 1.54) is 109 Å². The Morgan fingerprint density at radius 1 is 0.263 bits per heavy atom. The van der Waals surface area contributed by atoms with Gasteiger partial charge in [-0.1, -0.05) is 146 Å². The number of benzene rings is 9. The molecule has 3 aromatic heterocycles. The molecule has 0 unspecified atom stereocenters. The van der Waals surface area contributed by atoms with Crippen molar-refractivity contribution in [2.75, 3.05) is 0 Å². The Kier molecular flexibility index (Phi) is 7.13. The highest BCUT2D eigenvalue weighted by Gasteiger charge is 2.17. The van der Waals surface area contributed by atoms with Crippen LogP contribution in [0.2, 0.25) is 0 Å². The van der Waals surface area contributed by atoms with Crippen molar-refractivity contribution in [1.82, 2.24) is 9.13 Å². The maximum atomic E-state index is 2.41. The van der Waals surface area contributed by atoms with Crippen molar-refractivity contribution in [3.63, 3.8) is 0 Å². The average molecular weight is 743 g/mol. The monoisotopic (exact) mass is 742 g/mol. The van der Waals surface area contributed by atoms with E-state index in [0.29, 0.717) is 0 Å². The summed E-state index contributed by atoms with van der Waals surface area (Å²) in [4.78, 5) is 0. The van der Waals surface area contributed by atoms with Crippen LogP contribution < -0.4 is 0 Å². The molecule has 0 atom stereocenters. The molecule has 0 N–H and O–H groups in total. The number of para-hydroxylation sites is 4. The predicted molar refractivity (Wildman–Crippen MR) is 244 cm³/mol. The molecule has 266 valence electrons. The predicted octanol–water partition coefficient (Wildman–Crippen LogP) is 15.2. The molecule has 3 heteroatoms. The second-order valence-corrected chi connectivity index (χ2v) is 15.9. The second-order valence-electron chi connectivity index (χ2n) is 14.9. The van der Waals surface area contributed by atoms with Crippen LogP contribution in [0.25, 0.3) is 109 Å². The van der Waals surface area contributed by atoms with E-state index in [9.17, 15) is 0 Å². The van der Waals surface area contributed by atoms with Gasteiger partial charge in [0.05, 0.1) is 22.1 Å². The number of hydrogen-bond acceptors (Lipinski definition) is 1. The summed E-state index contributed by atoms with van der Waals surface area (Å²) in [6.45, 7) is 0. The molecule has 0 amide bonds. The van der Waals surface area contributed by atoms with E-state index in [1.807, 2.05) is 11.3 Å². The fourth-order valence-corrected chi connectivity index (χ4v) is 10.5. The molecule has 0 fully saturated rings. The Hall–Kier alpha value is -7.20. The van der Waals surface area contributed by atoms with Crippen LogP contribution in [-0.2, 0) is 0 Å². The Bertz CT molecular complexity index is 3470. The van der Waals surface area contributed by atoms with E-state index in [1.54, 1.807) is 0 Å². The van der Waals surface area contributed by atoms with Gasteiger partial charge in [-0.05, 0) is 94.0 Å². The SMILES string of the molecule is c1ccc(-n2c3ccccc3c3cc(-c4cccc(-c5cccc6c5sc5c(-c7cccc(-n8c9ccccc9c9ccccc98)c7)cccc56)c4)ccc32)cc1. The summed E-state index contributed by atoms with van der Waals surface area (Å²) in [5, 5.41) is 7.68. The lowest BCUT2D eigenvalue weighted by Gasteiger charge is -2.11. The summed E-state index contributed by atoms with van der Waals surface area (Å²) in [5.41, 5.74) is 14.6. The largest absolute Gasteiger partial charge is 0.309 e. The smallest absolute Gasteiger partial charge is 0.0541 e. The molecule has 2 nitrogen and oxygen atoms in total. The molecule has 12 aromatic rings. The van der Waals surface area contributed by atoms with E-state index < -0.39 is 0 Å². The maximum Gasteiger partial charge on any atom is 0.0541 e. The Morgan fingerprint density at radius 3 is 1.35 bits per heavy atom. The van der Waals surface area contributed by atoms with Crippen LogP contribution in [0.15, 0.2) is 206 Å². The summed E-state index contributed by atoms with van der Waals surface area (Å²) < 4.78 is 7.42. The number of rotatable bonds is 5. The van der Waals surface area contributed by atoms with E-state index in [-0.39, 0.29) is 0 Å². The molecule has 0 aliphatic rings. The molecule has 3 heterocycles. The fourth-order valence-electron chi connectivity index (χ4n) is 9.16.